The number of nitrogens with one attached hydrogen (secondary N) is 2. The molecule has 0 amide bonds. The molecule has 1 aromatic heterocycles. The van der Waals surface area contributed by atoms with E-state index in [-0.39, 0.29) is 23.7 Å². The van der Waals surface area contributed by atoms with Crippen LogP contribution in [-0.4, -0.2) is 34.1 Å². The molecule has 1 fully saturated rings. The van der Waals surface area contributed by atoms with Crippen molar-refractivity contribution >= 4 is 29.0 Å². The van der Waals surface area contributed by atoms with Gasteiger partial charge in [0.15, 0.2) is 0 Å². The second kappa shape index (κ2) is 7.26. The third kappa shape index (κ3) is 4.10. The number of halogens is 1. The fraction of sp³-hybridized carbons (Fsp3) is 0.333. The highest BCUT2D eigenvalue weighted by Gasteiger charge is 2.24. The second-order valence-corrected chi connectivity index (χ2v) is 5.54. The standard InChI is InChI=1S/C15H17FN6O3/c16-9-3-1-4-10(7-9)19-14-12(22(23)24)13(17)20-15(21-14)18-8-11-5-2-6-25-11/h1,3-4,7,11H,2,5-6,8H2,(H4,17,18,19,20,21). The summed E-state index contributed by atoms with van der Waals surface area (Å²) >= 11 is 0. The largest absolute Gasteiger partial charge is 0.378 e. The van der Waals surface area contributed by atoms with Gasteiger partial charge in [-0.2, -0.15) is 9.97 Å². The van der Waals surface area contributed by atoms with Crippen LogP contribution in [-0.2, 0) is 4.74 Å². The third-order valence-electron chi connectivity index (χ3n) is 3.69. The van der Waals surface area contributed by atoms with Gasteiger partial charge in [0.25, 0.3) is 0 Å². The number of hydrogen-bond acceptors (Lipinski definition) is 8. The molecule has 1 aliphatic heterocycles. The van der Waals surface area contributed by atoms with E-state index in [4.69, 9.17) is 10.5 Å². The number of ether oxygens (including phenoxy) is 1. The first-order valence-electron chi connectivity index (χ1n) is 7.73. The normalized spacial score (nSPS) is 16.6. The highest BCUT2D eigenvalue weighted by atomic mass is 19.1. The highest BCUT2D eigenvalue weighted by molar-refractivity contribution is 5.74. The molecule has 4 N–H and O–H groups in total. The monoisotopic (exact) mass is 348 g/mol. The molecule has 0 saturated carbocycles. The Labute approximate surface area is 142 Å². The van der Waals surface area contributed by atoms with E-state index < -0.39 is 16.4 Å². The lowest BCUT2D eigenvalue weighted by Gasteiger charge is -2.13. The van der Waals surface area contributed by atoms with E-state index in [0.717, 1.165) is 12.8 Å². The number of hydrogen-bond donors (Lipinski definition) is 3. The summed E-state index contributed by atoms with van der Waals surface area (Å²) in [6.45, 7) is 1.18. The fourth-order valence-electron chi connectivity index (χ4n) is 2.53. The first-order valence-corrected chi connectivity index (χ1v) is 7.73. The van der Waals surface area contributed by atoms with E-state index in [2.05, 4.69) is 20.6 Å². The van der Waals surface area contributed by atoms with Crippen molar-refractivity contribution in [2.75, 3.05) is 29.5 Å². The lowest BCUT2D eigenvalue weighted by atomic mass is 10.2. The van der Waals surface area contributed by atoms with Crippen LogP contribution < -0.4 is 16.4 Å². The van der Waals surface area contributed by atoms with Gasteiger partial charge in [0, 0.05) is 18.8 Å². The van der Waals surface area contributed by atoms with E-state index in [1.165, 1.54) is 18.2 Å². The average Bonchev–Trinajstić information content (AvgIpc) is 3.05. The van der Waals surface area contributed by atoms with Crippen molar-refractivity contribution < 1.29 is 14.1 Å². The smallest absolute Gasteiger partial charge is 0.353 e. The van der Waals surface area contributed by atoms with Crippen LogP contribution in [0.4, 0.5) is 33.3 Å². The van der Waals surface area contributed by atoms with Crippen LogP contribution >= 0.6 is 0 Å². The number of nitrogens with zero attached hydrogens (tertiary/aromatic N) is 3. The Balaban J connectivity index is 1.86. The Morgan fingerprint density at radius 2 is 2.28 bits per heavy atom. The predicted octanol–water partition coefficient (Wildman–Crippen LogP) is 2.44. The molecule has 10 heteroatoms. The van der Waals surface area contributed by atoms with Gasteiger partial charge in [0.2, 0.25) is 17.6 Å². The Hall–Kier alpha value is -3.01. The van der Waals surface area contributed by atoms with E-state index >= 15 is 0 Å². The highest BCUT2D eigenvalue weighted by Crippen LogP contribution is 2.31. The van der Waals surface area contributed by atoms with Crippen molar-refractivity contribution in [3.05, 3.63) is 40.2 Å². The van der Waals surface area contributed by atoms with Crippen molar-refractivity contribution in [2.24, 2.45) is 0 Å². The maximum Gasteiger partial charge on any atom is 0.353 e. The SMILES string of the molecule is Nc1nc(NCC2CCCO2)nc(Nc2cccc(F)c2)c1[N+](=O)[O-]. The van der Waals surface area contributed by atoms with E-state index in [1.807, 2.05) is 0 Å². The fourth-order valence-corrected chi connectivity index (χ4v) is 2.53. The lowest BCUT2D eigenvalue weighted by Crippen LogP contribution is -2.20. The topological polar surface area (TPSA) is 128 Å². The van der Waals surface area contributed by atoms with Gasteiger partial charge in [0.05, 0.1) is 11.0 Å². The maximum atomic E-state index is 13.3. The predicted molar refractivity (Wildman–Crippen MR) is 90.2 cm³/mol. The van der Waals surface area contributed by atoms with Gasteiger partial charge in [-0.1, -0.05) is 6.07 Å². The molecule has 2 aromatic rings. The summed E-state index contributed by atoms with van der Waals surface area (Å²) in [5.41, 5.74) is 5.56. The zero-order valence-electron chi connectivity index (χ0n) is 13.2. The van der Waals surface area contributed by atoms with Crippen LogP contribution in [0.3, 0.4) is 0 Å². The van der Waals surface area contributed by atoms with Crippen LogP contribution in [0.1, 0.15) is 12.8 Å². The number of nitrogen functional groups attached to an aromatic ring is 1. The third-order valence-corrected chi connectivity index (χ3v) is 3.69. The molecule has 1 aromatic carbocycles. The summed E-state index contributed by atoms with van der Waals surface area (Å²) in [6.07, 6.45) is 1.95. The van der Waals surface area contributed by atoms with E-state index in [9.17, 15) is 14.5 Å². The van der Waals surface area contributed by atoms with E-state index in [0.29, 0.717) is 18.8 Å². The van der Waals surface area contributed by atoms with Gasteiger partial charge in [-0.3, -0.25) is 10.1 Å². The number of aromatic nitrogens is 2. The summed E-state index contributed by atoms with van der Waals surface area (Å²) < 4.78 is 18.8. The van der Waals surface area contributed by atoms with Gasteiger partial charge < -0.3 is 21.1 Å². The Bertz CT molecular complexity index is 782. The summed E-state index contributed by atoms with van der Waals surface area (Å²) in [5.74, 6) is -0.740. The Morgan fingerprint density at radius 3 is 2.96 bits per heavy atom. The Morgan fingerprint density at radius 1 is 1.44 bits per heavy atom. The van der Waals surface area contributed by atoms with Crippen LogP contribution in [0.2, 0.25) is 0 Å². The van der Waals surface area contributed by atoms with Crippen molar-refractivity contribution in [1.29, 1.82) is 0 Å². The molecular weight excluding hydrogens is 331 g/mol. The van der Waals surface area contributed by atoms with Crippen LogP contribution in [0.5, 0.6) is 0 Å². The van der Waals surface area contributed by atoms with Gasteiger partial charge in [-0.25, -0.2) is 4.39 Å². The molecule has 132 valence electrons. The van der Waals surface area contributed by atoms with Crippen LogP contribution in [0.25, 0.3) is 0 Å². The van der Waals surface area contributed by atoms with Crippen LogP contribution in [0.15, 0.2) is 24.3 Å². The first kappa shape index (κ1) is 16.8. The van der Waals surface area contributed by atoms with Crippen molar-refractivity contribution in [2.45, 2.75) is 18.9 Å². The van der Waals surface area contributed by atoms with Gasteiger partial charge in [0.1, 0.15) is 5.82 Å². The molecule has 1 unspecified atom stereocenters. The summed E-state index contributed by atoms with van der Waals surface area (Å²) in [7, 11) is 0. The molecule has 3 rings (SSSR count). The molecule has 9 nitrogen and oxygen atoms in total. The molecule has 0 spiro atoms. The summed E-state index contributed by atoms with van der Waals surface area (Å²) in [6, 6.07) is 5.50. The number of nitro groups is 1. The van der Waals surface area contributed by atoms with Crippen molar-refractivity contribution in [3.8, 4) is 0 Å². The minimum atomic E-state index is -0.680. The van der Waals surface area contributed by atoms with E-state index in [1.54, 1.807) is 6.07 Å². The second-order valence-electron chi connectivity index (χ2n) is 5.54. The quantitative estimate of drug-likeness (QED) is 0.536. The van der Waals surface area contributed by atoms with Crippen molar-refractivity contribution in [3.63, 3.8) is 0 Å². The first-order chi connectivity index (χ1) is 12.0. The molecule has 1 atom stereocenters. The molecular formula is C15H17FN6O3. The lowest BCUT2D eigenvalue weighted by molar-refractivity contribution is -0.383. The van der Waals surface area contributed by atoms with Gasteiger partial charge in [-0.15, -0.1) is 0 Å². The molecule has 1 aliphatic rings. The van der Waals surface area contributed by atoms with Crippen molar-refractivity contribution in [1.82, 2.24) is 9.97 Å². The summed E-state index contributed by atoms with van der Waals surface area (Å²) in [4.78, 5) is 18.6. The minimum Gasteiger partial charge on any atom is -0.378 e. The van der Waals surface area contributed by atoms with Crippen LogP contribution in [0, 0.1) is 15.9 Å². The minimum absolute atomic E-state index is 0.0413. The number of benzene rings is 1. The van der Waals surface area contributed by atoms with Gasteiger partial charge in [-0.05, 0) is 31.0 Å². The Kier molecular flexibility index (Phi) is 4.89. The number of nitrogens with two attached hydrogens (primary N) is 1. The zero-order valence-corrected chi connectivity index (χ0v) is 13.2. The maximum absolute atomic E-state index is 13.3. The molecule has 0 aliphatic carbocycles. The van der Waals surface area contributed by atoms with Gasteiger partial charge >= 0.3 is 5.69 Å². The number of rotatable bonds is 6. The molecule has 1 saturated heterocycles. The molecule has 25 heavy (non-hydrogen) atoms. The molecule has 0 bridgehead atoms. The molecule has 0 radical (unpaired) electrons. The zero-order chi connectivity index (χ0) is 17.8. The molecule has 2 heterocycles. The average molecular weight is 348 g/mol. The summed E-state index contributed by atoms with van der Waals surface area (Å²) in [5, 5.41) is 17.0. The number of anilines is 4.